The number of nitrogens with zero attached hydrogens (tertiary/aromatic N) is 1. The van der Waals surface area contributed by atoms with E-state index in [-0.39, 0.29) is 17.9 Å². The molecule has 2 N–H and O–H groups in total. The molecule has 0 spiro atoms. The van der Waals surface area contributed by atoms with Gasteiger partial charge in [0.25, 0.3) is 0 Å². The van der Waals surface area contributed by atoms with Crippen molar-refractivity contribution < 1.29 is 19.5 Å². The molecule has 1 saturated heterocycles. The molecule has 2 amide bonds. The van der Waals surface area contributed by atoms with Crippen LogP contribution in [0.1, 0.15) is 47.6 Å². The summed E-state index contributed by atoms with van der Waals surface area (Å²) in [6.07, 6.45) is 2.75. The van der Waals surface area contributed by atoms with Gasteiger partial charge in [-0.25, -0.2) is 4.79 Å². The van der Waals surface area contributed by atoms with Crippen LogP contribution in [0.4, 0.5) is 0 Å². The highest BCUT2D eigenvalue weighted by Crippen LogP contribution is 2.39. The molecule has 6 nitrogen and oxygen atoms in total. The second-order valence-electron chi connectivity index (χ2n) is 10.0. The van der Waals surface area contributed by atoms with Gasteiger partial charge in [0, 0.05) is 12.2 Å². The second-order valence-corrected chi connectivity index (χ2v) is 12.6. The van der Waals surface area contributed by atoms with Gasteiger partial charge in [-0.15, -0.1) is 0 Å². The quantitative estimate of drug-likeness (QED) is 0.340. The zero-order chi connectivity index (χ0) is 27.2. The van der Waals surface area contributed by atoms with Crippen LogP contribution in [0.3, 0.4) is 0 Å². The van der Waals surface area contributed by atoms with Gasteiger partial charge in [0.05, 0.1) is 11.3 Å². The molecule has 0 bridgehead atoms. The lowest BCUT2D eigenvalue weighted by atomic mass is 9.89. The van der Waals surface area contributed by atoms with Crippen molar-refractivity contribution in [2.75, 3.05) is 0 Å². The maximum atomic E-state index is 13.9. The number of piperidine rings is 1. The third-order valence-electron chi connectivity index (χ3n) is 7.43. The summed E-state index contributed by atoms with van der Waals surface area (Å²) >= 11 is 0. The molecule has 2 heterocycles. The molecule has 39 heavy (non-hydrogen) atoms. The number of carbonyl (C=O) groups excluding carboxylic acids is 2. The summed E-state index contributed by atoms with van der Waals surface area (Å²) in [5.41, 5.74) is 4.20. The highest BCUT2D eigenvalue weighted by atomic mass is 33.1. The molecule has 0 saturated carbocycles. The topological polar surface area (TPSA) is 86.7 Å². The van der Waals surface area contributed by atoms with Crippen molar-refractivity contribution in [3.8, 4) is 0 Å². The van der Waals surface area contributed by atoms with Gasteiger partial charge in [-0.3, -0.25) is 9.59 Å². The highest BCUT2D eigenvalue weighted by molar-refractivity contribution is 8.76. The SMILES string of the molecule is O=C(NC1Cc2ccccc2C2CCCC(C(=O)O)N2C1=O)C(Cc1ccccc1)SSCc1ccccc1. The lowest BCUT2D eigenvalue weighted by Crippen LogP contribution is -2.56. The summed E-state index contributed by atoms with van der Waals surface area (Å²) in [5.74, 6) is -0.748. The van der Waals surface area contributed by atoms with Crippen molar-refractivity contribution >= 4 is 39.4 Å². The summed E-state index contributed by atoms with van der Waals surface area (Å²) < 4.78 is 0. The fourth-order valence-corrected chi connectivity index (χ4v) is 8.07. The minimum atomic E-state index is -0.993. The van der Waals surface area contributed by atoms with Crippen LogP contribution in [0.5, 0.6) is 0 Å². The van der Waals surface area contributed by atoms with Crippen molar-refractivity contribution in [3.05, 3.63) is 107 Å². The Balaban J connectivity index is 1.37. The largest absolute Gasteiger partial charge is 0.480 e. The summed E-state index contributed by atoms with van der Waals surface area (Å²) in [6, 6.07) is 25.8. The van der Waals surface area contributed by atoms with E-state index in [9.17, 15) is 19.5 Å². The average Bonchev–Trinajstić information content (AvgIpc) is 3.08. The van der Waals surface area contributed by atoms with Crippen LogP contribution < -0.4 is 5.32 Å². The number of hydrogen-bond acceptors (Lipinski definition) is 5. The monoisotopic (exact) mass is 560 g/mol. The first-order chi connectivity index (χ1) is 19.0. The van der Waals surface area contributed by atoms with Gasteiger partial charge in [-0.1, -0.05) is 107 Å². The predicted octanol–water partition coefficient (Wildman–Crippen LogP) is 5.43. The van der Waals surface area contributed by atoms with Crippen LogP contribution in [0.15, 0.2) is 84.9 Å². The maximum absolute atomic E-state index is 13.9. The number of aliphatic carboxylic acids is 1. The fraction of sp³-hybridized carbons (Fsp3) is 0.323. The zero-order valence-electron chi connectivity index (χ0n) is 21.6. The molecule has 4 unspecified atom stereocenters. The van der Waals surface area contributed by atoms with Gasteiger partial charge in [0.15, 0.2) is 0 Å². The molecule has 5 rings (SSSR count). The van der Waals surface area contributed by atoms with E-state index in [0.717, 1.165) is 35.3 Å². The number of carbonyl (C=O) groups is 3. The number of carboxylic acids is 1. The first-order valence-corrected chi connectivity index (χ1v) is 15.7. The molecular weight excluding hydrogens is 528 g/mol. The first-order valence-electron chi connectivity index (χ1n) is 13.3. The molecule has 0 aromatic heterocycles. The van der Waals surface area contributed by atoms with Crippen molar-refractivity contribution in [2.45, 2.75) is 61.2 Å². The number of fused-ring (bicyclic) bond motifs is 3. The standard InChI is InChI=1S/C31H32N2O4S2/c34-29(28(18-21-10-3-1-4-11-21)39-38-20-22-12-5-2-6-13-22)32-25-19-23-14-7-8-15-24(23)26-16-9-17-27(31(36)37)33(26)30(25)35/h1-8,10-15,25-28H,9,16-20H2,(H,32,34)(H,36,37). The molecule has 2 aliphatic rings. The molecule has 202 valence electrons. The second kappa shape index (κ2) is 12.7. The number of hydrogen-bond donors (Lipinski definition) is 2. The van der Waals surface area contributed by atoms with E-state index in [1.165, 1.54) is 21.3 Å². The summed E-state index contributed by atoms with van der Waals surface area (Å²) in [7, 11) is 3.14. The third kappa shape index (κ3) is 6.50. The Hall–Kier alpha value is -3.23. The van der Waals surface area contributed by atoms with E-state index in [4.69, 9.17) is 0 Å². The van der Waals surface area contributed by atoms with Gasteiger partial charge >= 0.3 is 5.97 Å². The minimum Gasteiger partial charge on any atom is -0.480 e. The first kappa shape index (κ1) is 27.3. The molecule has 3 aromatic rings. The zero-order valence-corrected chi connectivity index (χ0v) is 23.2. The van der Waals surface area contributed by atoms with Crippen molar-refractivity contribution in [1.82, 2.24) is 10.2 Å². The van der Waals surface area contributed by atoms with Gasteiger partial charge in [-0.05, 0) is 47.9 Å². The van der Waals surface area contributed by atoms with E-state index in [1.54, 1.807) is 10.8 Å². The van der Waals surface area contributed by atoms with E-state index >= 15 is 0 Å². The van der Waals surface area contributed by atoms with Crippen LogP contribution in [-0.2, 0) is 33.0 Å². The van der Waals surface area contributed by atoms with Crippen LogP contribution in [0.25, 0.3) is 0 Å². The minimum absolute atomic E-state index is 0.206. The van der Waals surface area contributed by atoms with Crippen molar-refractivity contribution in [3.63, 3.8) is 0 Å². The van der Waals surface area contributed by atoms with Crippen LogP contribution in [0.2, 0.25) is 0 Å². The fourth-order valence-electron chi connectivity index (χ4n) is 5.52. The van der Waals surface area contributed by atoms with E-state index < -0.39 is 23.3 Å². The summed E-state index contributed by atoms with van der Waals surface area (Å²) in [5, 5.41) is 12.6. The third-order valence-corrected chi connectivity index (χ3v) is 10.1. The smallest absolute Gasteiger partial charge is 0.326 e. The van der Waals surface area contributed by atoms with Crippen LogP contribution >= 0.6 is 21.6 Å². The Kier molecular flexibility index (Phi) is 8.94. The molecule has 4 atom stereocenters. The molecule has 1 fully saturated rings. The predicted molar refractivity (Wildman–Crippen MR) is 156 cm³/mol. The highest BCUT2D eigenvalue weighted by Gasteiger charge is 2.44. The van der Waals surface area contributed by atoms with Gasteiger partial charge in [-0.2, -0.15) is 0 Å². The molecule has 0 radical (unpaired) electrons. The van der Waals surface area contributed by atoms with Gasteiger partial charge in [0.2, 0.25) is 11.8 Å². The Morgan fingerprint density at radius 1 is 0.923 bits per heavy atom. The normalized spacial score (nSPS) is 21.3. The summed E-state index contributed by atoms with van der Waals surface area (Å²) in [6.45, 7) is 0. The number of amides is 2. The van der Waals surface area contributed by atoms with Crippen LogP contribution in [0, 0.1) is 0 Å². The molecular formula is C31H32N2O4S2. The van der Waals surface area contributed by atoms with Crippen molar-refractivity contribution in [1.29, 1.82) is 0 Å². The van der Waals surface area contributed by atoms with Gasteiger partial charge in [0.1, 0.15) is 12.1 Å². The Labute approximate surface area is 237 Å². The molecule has 8 heteroatoms. The van der Waals surface area contributed by atoms with E-state index in [0.29, 0.717) is 19.3 Å². The summed E-state index contributed by atoms with van der Waals surface area (Å²) in [4.78, 5) is 41.4. The Morgan fingerprint density at radius 2 is 1.59 bits per heavy atom. The Morgan fingerprint density at radius 3 is 2.31 bits per heavy atom. The van der Waals surface area contributed by atoms with Gasteiger partial charge < -0.3 is 15.3 Å². The number of benzene rings is 3. The number of nitrogens with one attached hydrogen (secondary N) is 1. The van der Waals surface area contributed by atoms with Crippen LogP contribution in [-0.4, -0.2) is 45.1 Å². The lowest BCUT2D eigenvalue weighted by molar-refractivity contribution is -0.156. The number of carboxylic acid groups (broad SMARTS) is 1. The Bertz CT molecular complexity index is 1300. The van der Waals surface area contributed by atoms with Crippen molar-refractivity contribution in [2.24, 2.45) is 0 Å². The van der Waals surface area contributed by atoms with E-state index in [2.05, 4.69) is 17.4 Å². The van der Waals surface area contributed by atoms with E-state index in [1.807, 2.05) is 72.8 Å². The molecule has 0 aliphatic carbocycles. The maximum Gasteiger partial charge on any atom is 0.326 e. The molecule has 3 aromatic carbocycles. The lowest BCUT2D eigenvalue weighted by Gasteiger charge is -2.40. The average molecular weight is 561 g/mol. The molecule has 2 aliphatic heterocycles. The number of rotatable bonds is 9.